The second kappa shape index (κ2) is 7.54. The minimum absolute atomic E-state index is 0.213. The molecule has 0 bridgehead atoms. The first kappa shape index (κ1) is 16.7. The van der Waals surface area contributed by atoms with Crippen molar-refractivity contribution in [3.8, 4) is 0 Å². The van der Waals surface area contributed by atoms with Gasteiger partial charge in [0.05, 0.1) is 5.92 Å². The third kappa shape index (κ3) is 4.65. The van der Waals surface area contributed by atoms with Gasteiger partial charge in [-0.1, -0.05) is 13.8 Å². The van der Waals surface area contributed by atoms with E-state index >= 15 is 0 Å². The fourth-order valence-corrected chi connectivity index (χ4v) is 3.28. The topological polar surface area (TPSA) is 68.2 Å². The quantitative estimate of drug-likeness (QED) is 0.461. The van der Waals surface area contributed by atoms with Gasteiger partial charge in [0.1, 0.15) is 5.76 Å². The second-order valence-electron chi connectivity index (χ2n) is 5.89. The smallest absolute Gasteiger partial charge is 0.397 e. The summed E-state index contributed by atoms with van der Waals surface area (Å²) in [5.41, 5.74) is 0. The summed E-state index contributed by atoms with van der Waals surface area (Å²) in [7, 11) is 0.0553. The van der Waals surface area contributed by atoms with E-state index in [9.17, 15) is 9.69 Å². The van der Waals surface area contributed by atoms with Crippen molar-refractivity contribution in [2.24, 2.45) is 11.8 Å². The Morgan fingerprint density at radius 1 is 1.52 bits per heavy atom. The first-order chi connectivity index (χ1) is 9.97. The van der Waals surface area contributed by atoms with Crippen LogP contribution in [0, 0.1) is 11.8 Å². The molecule has 6 nitrogen and oxygen atoms in total. The van der Waals surface area contributed by atoms with Gasteiger partial charge in [0.15, 0.2) is 0 Å². The molecule has 7 heteroatoms. The van der Waals surface area contributed by atoms with Gasteiger partial charge in [-0.3, -0.25) is 14.2 Å². The maximum atomic E-state index is 11.2. The van der Waals surface area contributed by atoms with Crippen LogP contribution in [0.25, 0.3) is 0 Å². The number of carbonyl (C=O) groups excluding carboxylic acids is 1. The van der Waals surface area contributed by atoms with Crippen LogP contribution < -0.4 is 0 Å². The summed E-state index contributed by atoms with van der Waals surface area (Å²) >= 11 is 0. The van der Waals surface area contributed by atoms with Crippen LogP contribution in [0.15, 0.2) is 11.8 Å². The highest BCUT2D eigenvalue weighted by Gasteiger charge is 2.34. The summed E-state index contributed by atoms with van der Waals surface area (Å²) in [5, 5.41) is 0. The Balaban J connectivity index is 1.74. The molecule has 3 unspecified atom stereocenters. The van der Waals surface area contributed by atoms with Crippen LogP contribution in [0.2, 0.25) is 0 Å². The van der Waals surface area contributed by atoms with E-state index in [1.807, 2.05) is 0 Å². The maximum Gasteiger partial charge on any atom is 0.397 e. The average Bonchev–Trinajstić information content (AvgIpc) is 2.80. The van der Waals surface area contributed by atoms with Crippen LogP contribution >= 0.6 is 8.60 Å². The van der Waals surface area contributed by atoms with Gasteiger partial charge in [-0.05, 0) is 38.4 Å². The van der Waals surface area contributed by atoms with Gasteiger partial charge in [0.25, 0.3) is 0 Å². The lowest BCUT2D eigenvalue weighted by Gasteiger charge is -2.28. The summed E-state index contributed by atoms with van der Waals surface area (Å²) < 4.78 is 15.3. The van der Waals surface area contributed by atoms with Crippen molar-refractivity contribution in [2.75, 3.05) is 20.4 Å². The minimum atomic E-state index is -2.05. The van der Waals surface area contributed by atoms with Gasteiger partial charge >= 0.3 is 14.6 Å². The van der Waals surface area contributed by atoms with E-state index in [-0.39, 0.29) is 18.7 Å². The number of likely N-dealkylation sites (N-methyl/N-ethyl adjacent to an activating group) is 1. The molecule has 120 valence electrons. The minimum Gasteiger partial charge on any atom is -0.438 e. The number of hydrogen-bond donors (Lipinski definition) is 1. The summed E-state index contributed by atoms with van der Waals surface area (Å²) in [5.74, 6) is 0.898. The fourth-order valence-electron chi connectivity index (χ4n) is 2.73. The Kier molecular flexibility index (Phi) is 5.99. The van der Waals surface area contributed by atoms with Crippen molar-refractivity contribution in [3.63, 3.8) is 0 Å². The molecule has 1 aliphatic carbocycles. The highest BCUT2D eigenvalue weighted by molar-refractivity contribution is 7.40. The lowest BCUT2D eigenvalue weighted by Crippen LogP contribution is -2.30. The van der Waals surface area contributed by atoms with E-state index in [1.54, 1.807) is 13.8 Å². The molecular weight excluding hydrogens is 293 g/mol. The number of allylic oxidation sites excluding steroid dienone is 1. The van der Waals surface area contributed by atoms with Crippen molar-refractivity contribution in [3.05, 3.63) is 11.8 Å². The third-order valence-corrected chi connectivity index (χ3v) is 4.71. The Morgan fingerprint density at radius 2 is 2.29 bits per heavy atom. The van der Waals surface area contributed by atoms with Crippen LogP contribution in [-0.2, 0) is 18.6 Å². The number of esters is 1. The van der Waals surface area contributed by atoms with Crippen molar-refractivity contribution >= 4 is 14.6 Å². The summed E-state index contributed by atoms with van der Waals surface area (Å²) in [4.78, 5) is 23.3. The number of fused-ring (bicyclic) bond motifs is 1. The number of ether oxygens (including phenoxy) is 1. The van der Waals surface area contributed by atoms with Gasteiger partial charge in [0.2, 0.25) is 6.79 Å². The number of nitrogens with zero attached hydrogens (tertiary/aromatic N) is 1. The van der Waals surface area contributed by atoms with E-state index in [0.717, 1.165) is 25.1 Å². The van der Waals surface area contributed by atoms with Crippen LogP contribution in [0.1, 0.15) is 33.1 Å². The Morgan fingerprint density at radius 3 is 3.00 bits per heavy atom. The SMILES string of the molecule is CC(C)C(=O)OCOP(O)OC1=CC2C(CC1)CCN2C. The fraction of sp³-hybridized carbons (Fsp3) is 0.786. The lowest BCUT2D eigenvalue weighted by molar-refractivity contribution is -0.154. The highest BCUT2D eigenvalue weighted by Crippen LogP contribution is 2.41. The molecule has 2 rings (SSSR count). The predicted molar refractivity (Wildman–Crippen MR) is 78.9 cm³/mol. The second-order valence-corrected chi connectivity index (χ2v) is 6.80. The van der Waals surface area contributed by atoms with Crippen LogP contribution in [0.4, 0.5) is 0 Å². The van der Waals surface area contributed by atoms with Crippen LogP contribution in [0.3, 0.4) is 0 Å². The zero-order valence-electron chi connectivity index (χ0n) is 12.8. The molecule has 1 fully saturated rings. The van der Waals surface area contributed by atoms with Crippen molar-refractivity contribution < 1.29 is 23.5 Å². The van der Waals surface area contributed by atoms with Gasteiger partial charge in [-0.15, -0.1) is 0 Å². The van der Waals surface area contributed by atoms with Gasteiger partial charge in [0, 0.05) is 12.5 Å². The molecule has 0 aromatic carbocycles. The molecule has 1 saturated heterocycles. The number of carbonyl (C=O) groups is 1. The largest absolute Gasteiger partial charge is 0.438 e. The molecule has 3 atom stereocenters. The average molecular weight is 317 g/mol. The number of hydrogen-bond acceptors (Lipinski definition) is 6. The van der Waals surface area contributed by atoms with E-state index < -0.39 is 8.60 Å². The molecule has 0 amide bonds. The molecule has 0 aromatic rings. The first-order valence-electron chi connectivity index (χ1n) is 7.35. The molecule has 1 aliphatic heterocycles. The van der Waals surface area contributed by atoms with E-state index in [4.69, 9.17) is 13.8 Å². The van der Waals surface area contributed by atoms with E-state index in [1.165, 1.54) is 6.42 Å². The molecule has 1 N–H and O–H groups in total. The Hall–Kier alpha value is -0.680. The van der Waals surface area contributed by atoms with Crippen LogP contribution in [-0.4, -0.2) is 42.2 Å². The van der Waals surface area contributed by atoms with Crippen molar-refractivity contribution in [1.29, 1.82) is 0 Å². The monoisotopic (exact) mass is 317 g/mol. The zero-order valence-corrected chi connectivity index (χ0v) is 13.7. The molecule has 0 radical (unpaired) electrons. The Bertz CT molecular complexity index is 401. The van der Waals surface area contributed by atoms with Crippen molar-refractivity contribution in [2.45, 2.75) is 39.2 Å². The maximum absolute atomic E-state index is 11.2. The van der Waals surface area contributed by atoms with E-state index in [0.29, 0.717) is 12.0 Å². The Labute approximate surface area is 127 Å². The molecule has 21 heavy (non-hydrogen) atoms. The van der Waals surface area contributed by atoms with Gasteiger partial charge in [-0.2, -0.15) is 0 Å². The number of rotatable bonds is 6. The first-order valence-corrected chi connectivity index (χ1v) is 8.48. The third-order valence-electron chi connectivity index (χ3n) is 3.99. The molecule has 0 spiro atoms. The molecular formula is C14H24NO5P. The lowest BCUT2D eigenvalue weighted by atomic mass is 9.89. The van der Waals surface area contributed by atoms with Gasteiger partial charge < -0.3 is 14.2 Å². The summed E-state index contributed by atoms with van der Waals surface area (Å²) in [6, 6.07) is 0.399. The summed E-state index contributed by atoms with van der Waals surface area (Å²) in [6.45, 7) is 4.30. The summed E-state index contributed by atoms with van der Waals surface area (Å²) in [6.07, 6.45) is 5.20. The molecule has 1 heterocycles. The molecule has 2 aliphatic rings. The normalized spacial score (nSPS) is 27.2. The zero-order chi connectivity index (χ0) is 15.4. The molecule has 0 saturated carbocycles. The molecule has 0 aromatic heterocycles. The van der Waals surface area contributed by atoms with E-state index in [2.05, 4.69) is 18.0 Å². The van der Waals surface area contributed by atoms with Gasteiger partial charge in [-0.25, -0.2) is 0 Å². The van der Waals surface area contributed by atoms with Crippen LogP contribution in [0.5, 0.6) is 0 Å². The van der Waals surface area contributed by atoms with Crippen molar-refractivity contribution in [1.82, 2.24) is 4.90 Å². The number of likely N-dealkylation sites (tertiary alicyclic amines) is 1. The standard InChI is InChI=1S/C14H24NO5P/c1-10(2)14(16)18-9-19-21(17)20-12-5-4-11-6-7-15(3)13(11)8-12/h8,10-11,13,17H,4-7,9H2,1-3H3. The highest BCUT2D eigenvalue weighted by atomic mass is 31.2. The predicted octanol–water partition coefficient (Wildman–Crippen LogP) is 2.39.